The fourth-order valence-electron chi connectivity index (χ4n) is 2.83. The third kappa shape index (κ3) is 1.85. The van der Waals surface area contributed by atoms with E-state index in [-0.39, 0.29) is 0 Å². The number of hydrogen-bond donors (Lipinski definition) is 1. The number of nitrogens with zero attached hydrogens (tertiary/aromatic N) is 4. The first-order valence-electron chi connectivity index (χ1n) is 6.13. The number of nitrogens with one attached hydrogen (secondary N) is 1. The van der Waals surface area contributed by atoms with Crippen LogP contribution in [0, 0.1) is 11.8 Å². The lowest BCUT2D eigenvalue weighted by Gasteiger charge is -2.35. The van der Waals surface area contributed by atoms with E-state index >= 15 is 0 Å². The van der Waals surface area contributed by atoms with Gasteiger partial charge in [-0.2, -0.15) is 0 Å². The summed E-state index contributed by atoms with van der Waals surface area (Å²) in [6, 6.07) is 0. The fourth-order valence-corrected chi connectivity index (χ4v) is 2.83. The molecule has 2 aromatic heterocycles. The number of anilines is 1. The fraction of sp³-hybridized carbons (Fsp3) is 0.583. The molecule has 2 aromatic rings. The largest absolute Gasteiger partial charge is 0.354 e. The topological polar surface area (TPSA) is 57.7 Å². The van der Waals surface area contributed by atoms with Gasteiger partial charge in [0, 0.05) is 13.1 Å². The number of rotatable bonds is 1. The van der Waals surface area contributed by atoms with Crippen LogP contribution in [0.25, 0.3) is 11.2 Å². The third-order valence-electron chi connectivity index (χ3n) is 3.37. The van der Waals surface area contributed by atoms with Crippen LogP contribution in [0.5, 0.6) is 0 Å². The van der Waals surface area contributed by atoms with Crippen molar-refractivity contribution in [3.8, 4) is 0 Å². The summed E-state index contributed by atoms with van der Waals surface area (Å²) in [6.45, 7) is 6.73. The third-order valence-corrected chi connectivity index (χ3v) is 3.37. The lowest BCUT2D eigenvalue weighted by molar-refractivity contribution is 0.355. The second kappa shape index (κ2) is 3.98. The zero-order valence-electron chi connectivity index (χ0n) is 10.2. The molecule has 1 saturated heterocycles. The smallest absolute Gasteiger partial charge is 0.182 e. The minimum Gasteiger partial charge on any atom is -0.354 e. The van der Waals surface area contributed by atoms with Crippen molar-refractivity contribution in [2.75, 3.05) is 18.0 Å². The molecular weight excluding hydrogens is 214 g/mol. The molecule has 1 fully saturated rings. The van der Waals surface area contributed by atoms with Crippen LogP contribution < -0.4 is 4.90 Å². The summed E-state index contributed by atoms with van der Waals surface area (Å²) in [5.74, 6) is 2.42. The average Bonchev–Trinajstić information content (AvgIpc) is 2.75. The van der Waals surface area contributed by atoms with Crippen LogP contribution in [0.2, 0.25) is 0 Å². The lowest BCUT2D eigenvalue weighted by Crippen LogP contribution is -2.39. The molecular formula is C12H17N5. The number of aromatic amines is 1. The highest BCUT2D eigenvalue weighted by Crippen LogP contribution is 2.27. The van der Waals surface area contributed by atoms with E-state index in [4.69, 9.17) is 0 Å². The van der Waals surface area contributed by atoms with Gasteiger partial charge in [-0.25, -0.2) is 15.0 Å². The van der Waals surface area contributed by atoms with E-state index in [2.05, 4.69) is 38.7 Å². The second-order valence-corrected chi connectivity index (χ2v) is 5.15. The van der Waals surface area contributed by atoms with Crippen LogP contribution in [0.4, 0.5) is 5.82 Å². The Labute approximate surface area is 100 Å². The molecule has 0 bridgehead atoms. The van der Waals surface area contributed by atoms with Gasteiger partial charge in [0.05, 0.1) is 6.33 Å². The van der Waals surface area contributed by atoms with Gasteiger partial charge >= 0.3 is 0 Å². The average molecular weight is 231 g/mol. The minimum absolute atomic E-state index is 0.715. The first kappa shape index (κ1) is 10.5. The summed E-state index contributed by atoms with van der Waals surface area (Å²) in [7, 11) is 0. The number of fused-ring (bicyclic) bond motifs is 1. The van der Waals surface area contributed by atoms with Crippen molar-refractivity contribution in [2.45, 2.75) is 20.3 Å². The predicted octanol–water partition coefficient (Wildman–Crippen LogP) is 1.84. The molecule has 5 nitrogen and oxygen atoms in total. The zero-order chi connectivity index (χ0) is 11.8. The van der Waals surface area contributed by atoms with Crippen LogP contribution in [-0.2, 0) is 0 Å². The van der Waals surface area contributed by atoms with Crippen LogP contribution >= 0.6 is 0 Å². The van der Waals surface area contributed by atoms with Crippen molar-refractivity contribution in [2.24, 2.45) is 11.8 Å². The van der Waals surface area contributed by atoms with Gasteiger partial charge in [0.25, 0.3) is 0 Å². The van der Waals surface area contributed by atoms with E-state index in [1.54, 1.807) is 12.7 Å². The van der Waals surface area contributed by atoms with Gasteiger partial charge in [-0.3, -0.25) is 0 Å². The molecule has 0 saturated carbocycles. The van der Waals surface area contributed by atoms with Crippen molar-refractivity contribution in [3.05, 3.63) is 12.7 Å². The summed E-state index contributed by atoms with van der Waals surface area (Å²) >= 11 is 0. The maximum atomic E-state index is 4.42. The molecule has 0 amide bonds. The van der Waals surface area contributed by atoms with Gasteiger partial charge < -0.3 is 9.88 Å². The molecule has 2 atom stereocenters. The quantitative estimate of drug-likeness (QED) is 0.813. The van der Waals surface area contributed by atoms with E-state index in [0.29, 0.717) is 11.8 Å². The van der Waals surface area contributed by atoms with Crippen molar-refractivity contribution in [1.29, 1.82) is 0 Å². The molecule has 90 valence electrons. The molecule has 0 unspecified atom stereocenters. The minimum atomic E-state index is 0.715. The summed E-state index contributed by atoms with van der Waals surface area (Å²) < 4.78 is 0. The van der Waals surface area contributed by atoms with Gasteiger partial charge in [-0.15, -0.1) is 0 Å². The molecule has 3 heterocycles. The monoisotopic (exact) mass is 231 g/mol. The molecule has 1 aliphatic rings. The van der Waals surface area contributed by atoms with Crippen LogP contribution in [0.15, 0.2) is 12.7 Å². The van der Waals surface area contributed by atoms with Crippen molar-refractivity contribution >= 4 is 17.0 Å². The van der Waals surface area contributed by atoms with Gasteiger partial charge in [0.15, 0.2) is 11.5 Å². The number of H-pyrrole nitrogens is 1. The molecule has 0 spiro atoms. The lowest BCUT2D eigenvalue weighted by atomic mass is 9.92. The van der Waals surface area contributed by atoms with E-state index < -0.39 is 0 Å². The Hall–Kier alpha value is -1.65. The molecule has 1 aliphatic heterocycles. The predicted molar refractivity (Wildman–Crippen MR) is 66.8 cm³/mol. The Morgan fingerprint density at radius 1 is 1.18 bits per heavy atom. The highest BCUT2D eigenvalue weighted by atomic mass is 15.2. The van der Waals surface area contributed by atoms with Crippen molar-refractivity contribution in [1.82, 2.24) is 19.9 Å². The van der Waals surface area contributed by atoms with E-state index in [1.165, 1.54) is 6.42 Å². The number of hydrogen-bond acceptors (Lipinski definition) is 4. The first-order chi connectivity index (χ1) is 8.24. The van der Waals surface area contributed by atoms with Gasteiger partial charge in [-0.05, 0) is 18.3 Å². The normalized spacial score (nSPS) is 25.4. The van der Waals surface area contributed by atoms with Crippen LogP contribution in [-0.4, -0.2) is 33.0 Å². The summed E-state index contributed by atoms with van der Waals surface area (Å²) in [5.41, 5.74) is 1.70. The Bertz CT molecular complexity index is 510. The maximum absolute atomic E-state index is 4.42. The Kier molecular flexibility index (Phi) is 2.46. The highest BCUT2D eigenvalue weighted by Gasteiger charge is 2.24. The van der Waals surface area contributed by atoms with Crippen LogP contribution in [0.1, 0.15) is 20.3 Å². The standard InChI is InChI=1S/C12H17N5/c1-8-3-9(2)5-17(4-8)12-10-11(14-6-13-10)15-7-16-12/h6-9H,3-5H2,1-2H3,(H,13,14,15,16)/t8-,9-/m0/s1. The van der Waals surface area contributed by atoms with Crippen LogP contribution in [0.3, 0.4) is 0 Å². The highest BCUT2D eigenvalue weighted by molar-refractivity contribution is 5.82. The summed E-state index contributed by atoms with van der Waals surface area (Å²) in [5, 5.41) is 0. The zero-order valence-corrected chi connectivity index (χ0v) is 10.2. The number of piperidine rings is 1. The van der Waals surface area contributed by atoms with Crippen molar-refractivity contribution in [3.63, 3.8) is 0 Å². The molecule has 5 heteroatoms. The molecule has 0 radical (unpaired) electrons. The molecule has 17 heavy (non-hydrogen) atoms. The van der Waals surface area contributed by atoms with E-state index in [9.17, 15) is 0 Å². The molecule has 3 rings (SSSR count). The van der Waals surface area contributed by atoms with E-state index in [1.807, 2.05) is 0 Å². The van der Waals surface area contributed by atoms with Gasteiger partial charge in [0.1, 0.15) is 11.8 Å². The van der Waals surface area contributed by atoms with E-state index in [0.717, 1.165) is 30.1 Å². The number of imidazole rings is 1. The Morgan fingerprint density at radius 3 is 2.71 bits per heavy atom. The molecule has 0 aliphatic carbocycles. The Morgan fingerprint density at radius 2 is 1.94 bits per heavy atom. The Balaban J connectivity index is 2.00. The van der Waals surface area contributed by atoms with Gasteiger partial charge in [0.2, 0.25) is 0 Å². The number of aromatic nitrogens is 4. The second-order valence-electron chi connectivity index (χ2n) is 5.15. The molecule has 1 N–H and O–H groups in total. The first-order valence-corrected chi connectivity index (χ1v) is 6.13. The SMILES string of the molecule is C[C@H]1C[C@H](C)CN(c2ncnc3nc[nH]c23)C1. The van der Waals surface area contributed by atoms with Crippen molar-refractivity contribution < 1.29 is 0 Å². The molecule has 0 aromatic carbocycles. The summed E-state index contributed by atoms with van der Waals surface area (Å²) in [4.78, 5) is 18.2. The maximum Gasteiger partial charge on any atom is 0.182 e. The van der Waals surface area contributed by atoms with Gasteiger partial charge in [-0.1, -0.05) is 13.8 Å². The summed E-state index contributed by atoms with van der Waals surface area (Å²) in [6.07, 6.45) is 4.58.